The zero-order valence-corrected chi connectivity index (χ0v) is 12.7. The summed E-state index contributed by atoms with van der Waals surface area (Å²) in [4.78, 5) is 13.1. The van der Waals surface area contributed by atoms with Crippen LogP contribution in [0.3, 0.4) is 0 Å². The molecule has 0 radical (unpaired) electrons. The number of benzene rings is 2. The number of carbonyl (C=O) groups is 1. The van der Waals surface area contributed by atoms with Gasteiger partial charge in [-0.3, -0.25) is 4.79 Å². The fourth-order valence-electron chi connectivity index (χ4n) is 1.75. The third-order valence-corrected chi connectivity index (χ3v) is 4.06. The van der Waals surface area contributed by atoms with Crippen LogP contribution in [0.2, 0.25) is 0 Å². The van der Waals surface area contributed by atoms with Crippen LogP contribution >= 0.6 is 11.8 Å². The lowest BCUT2D eigenvalue weighted by Crippen LogP contribution is -2.23. The molecule has 0 aromatic heterocycles. The standard InChI is InChI=1S/C16H17FN2OS/c1-10-3-6-13(7-4-10)21-11(2)16(20)19-15-9-12(18)5-8-14(15)17/h3-9,11H,18H2,1-2H3,(H,19,20). The first kappa shape index (κ1) is 15.4. The predicted molar refractivity (Wildman–Crippen MR) is 85.9 cm³/mol. The number of nitrogens with one attached hydrogen (secondary N) is 1. The molecule has 1 unspecified atom stereocenters. The lowest BCUT2D eigenvalue weighted by Gasteiger charge is -2.13. The summed E-state index contributed by atoms with van der Waals surface area (Å²) in [7, 11) is 0. The van der Waals surface area contributed by atoms with Gasteiger partial charge in [0.25, 0.3) is 0 Å². The quantitative estimate of drug-likeness (QED) is 0.666. The number of carbonyl (C=O) groups excluding carboxylic acids is 1. The van der Waals surface area contributed by atoms with Gasteiger partial charge in [-0.25, -0.2) is 4.39 Å². The predicted octanol–water partition coefficient (Wildman–Crippen LogP) is 3.84. The minimum absolute atomic E-state index is 0.108. The van der Waals surface area contributed by atoms with Crippen molar-refractivity contribution in [2.45, 2.75) is 24.0 Å². The van der Waals surface area contributed by atoms with E-state index in [2.05, 4.69) is 5.32 Å². The molecule has 0 fully saturated rings. The van der Waals surface area contributed by atoms with Gasteiger partial charge in [0.15, 0.2) is 0 Å². The lowest BCUT2D eigenvalue weighted by atomic mass is 10.2. The van der Waals surface area contributed by atoms with E-state index in [-0.39, 0.29) is 16.8 Å². The van der Waals surface area contributed by atoms with Gasteiger partial charge >= 0.3 is 0 Å². The highest BCUT2D eigenvalue weighted by Crippen LogP contribution is 2.25. The van der Waals surface area contributed by atoms with Gasteiger partial charge in [-0.1, -0.05) is 17.7 Å². The van der Waals surface area contributed by atoms with Gasteiger partial charge in [0.05, 0.1) is 10.9 Å². The first-order valence-corrected chi connectivity index (χ1v) is 7.43. The molecule has 0 bridgehead atoms. The Bertz CT molecular complexity index is 643. The highest BCUT2D eigenvalue weighted by molar-refractivity contribution is 8.00. The van der Waals surface area contributed by atoms with E-state index in [0.29, 0.717) is 5.69 Å². The van der Waals surface area contributed by atoms with Crippen molar-refractivity contribution >= 4 is 29.0 Å². The van der Waals surface area contributed by atoms with Crippen LogP contribution in [-0.4, -0.2) is 11.2 Å². The second-order valence-electron chi connectivity index (χ2n) is 4.80. The van der Waals surface area contributed by atoms with Crippen LogP contribution in [0.5, 0.6) is 0 Å². The number of hydrogen-bond donors (Lipinski definition) is 2. The Morgan fingerprint density at radius 2 is 1.90 bits per heavy atom. The van der Waals surface area contributed by atoms with Gasteiger partial charge in [0.2, 0.25) is 5.91 Å². The summed E-state index contributed by atoms with van der Waals surface area (Å²) in [5.74, 6) is -0.754. The number of amides is 1. The van der Waals surface area contributed by atoms with Crippen molar-refractivity contribution < 1.29 is 9.18 Å². The first-order chi connectivity index (χ1) is 9.95. The highest BCUT2D eigenvalue weighted by Gasteiger charge is 2.16. The van der Waals surface area contributed by atoms with E-state index >= 15 is 0 Å². The third kappa shape index (κ3) is 4.23. The monoisotopic (exact) mass is 304 g/mol. The van der Waals surface area contributed by atoms with E-state index in [1.165, 1.54) is 35.5 Å². The third-order valence-electron chi connectivity index (χ3n) is 2.95. The number of halogens is 1. The van der Waals surface area contributed by atoms with Crippen LogP contribution in [0.4, 0.5) is 15.8 Å². The first-order valence-electron chi connectivity index (χ1n) is 6.55. The summed E-state index contributed by atoms with van der Waals surface area (Å²) in [5.41, 5.74) is 7.27. The van der Waals surface area contributed by atoms with Crippen molar-refractivity contribution in [1.29, 1.82) is 0 Å². The van der Waals surface area contributed by atoms with E-state index in [0.717, 1.165) is 4.90 Å². The Balaban J connectivity index is 2.02. The van der Waals surface area contributed by atoms with Crippen LogP contribution in [0.1, 0.15) is 12.5 Å². The second kappa shape index (κ2) is 6.63. The molecule has 1 atom stereocenters. The summed E-state index contributed by atoms with van der Waals surface area (Å²) in [6.07, 6.45) is 0. The molecule has 3 N–H and O–H groups in total. The topological polar surface area (TPSA) is 55.1 Å². The lowest BCUT2D eigenvalue weighted by molar-refractivity contribution is -0.115. The van der Waals surface area contributed by atoms with E-state index in [4.69, 9.17) is 5.73 Å². The largest absolute Gasteiger partial charge is 0.399 e. The van der Waals surface area contributed by atoms with Crippen molar-refractivity contribution in [3.05, 3.63) is 53.8 Å². The maximum Gasteiger partial charge on any atom is 0.237 e. The Hall–Kier alpha value is -2.01. The average Bonchev–Trinajstić information content (AvgIpc) is 2.45. The van der Waals surface area contributed by atoms with Crippen molar-refractivity contribution in [1.82, 2.24) is 0 Å². The van der Waals surface area contributed by atoms with Crippen molar-refractivity contribution in [2.75, 3.05) is 11.1 Å². The van der Waals surface area contributed by atoms with Crippen LogP contribution in [-0.2, 0) is 4.79 Å². The number of nitrogens with two attached hydrogens (primary N) is 1. The van der Waals surface area contributed by atoms with Gasteiger partial charge in [-0.15, -0.1) is 11.8 Å². The minimum Gasteiger partial charge on any atom is -0.399 e. The highest BCUT2D eigenvalue weighted by atomic mass is 32.2. The molecule has 1 amide bonds. The molecule has 0 saturated carbocycles. The van der Waals surface area contributed by atoms with Crippen molar-refractivity contribution in [3.8, 4) is 0 Å². The molecule has 110 valence electrons. The summed E-state index contributed by atoms with van der Waals surface area (Å²) in [6.45, 7) is 3.79. The van der Waals surface area contributed by atoms with Gasteiger partial charge in [-0.05, 0) is 44.2 Å². The number of rotatable bonds is 4. The normalized spacial score (nSPS) is 12.0. The molecule has 2 aromatic rings. The van der Waals surface area contributed by atoms with Gasteiger partial charge < -0.3 is 11.1 Å². The molecule has 2 rings (SSSR count). The Kier molecular flexibility index (Phi) is 4.85. The Morgan fingerprint density at radius 1 is 1.24 bits per heavy atom. The molecule has 0 heterocycles. The summed E-state index contributed by atoms with van der Waals surface area (Å²) < 4.78 is 13.6. The zero-order valence-electron chi connectivity index (χ0n) is 11.9. The maximum atomic E-state index is 13.6. The fourth-order valence-corrected chi connectivity index (χ4v) is 2.61. The van der Waals surface area contributed by atoms with Gasteiger partial charge in [0, 0.05) is 10.6 Å². The number of thioether (sulfide) groups is 1. The van der Waals surface area contributed by atoms with E-state index in [9.17, 15) is 9.18 Å². The molecule has 0 saturated heterocycles. The van der Waals surface area contributed by atoms with E-state index in [1.54, 1.807) is 6.92 Å². The number of anilines is 2. The van der Waals surface area contributed by atoms with E-state index in [1.807, 2.05) is 31.2 Å². The van der Waals surface area contributed by atoms with Gasteiger partial charge in [-0.2, -0.15) is 0 Å². The molecule has 5 heteroatoms. The molecule has 0 spiro atoms. The minimum atomic E-state index is -0.495. The smallest absolute Gasteiger partial charge is 0.237 e. The number of nitrogen functional groups attached to an aromatic ring is 1. The maximum absolute atomic E-state index is 13.6. The van der Waals surface area contributed by atoms with E-state index < -0.39 is 5.82 Å². The molecule has 2 aromatic carbocycles. The molecule has 0 aliphatic rings. The van der Waals surface area contributed by atoms with Crippen LogP contribution in [0.15, 0.2) is 47.4 Å². The van der Waals surface area contributed by atoms with Crippen molar-refractivity contribution in [3.63, 3.8) is 0 Å². The van der Waals surface area contributed by atoms with Crippen molar-refractivity contribution in [2.24, 2.45) is 0 Å². The SMILES string of the molecule is Cc1ccc(SC(C)C(=O)Nc2cc(N)ccc2F)cc1. The molecular formula is C16H17FN2OS. The Morgan fingerprint density at radius 3 is 2.57 bits per heavy atom. The average molecular weight is 304 g/mol. The molecule has 21 heavy (non-hydrogen) atoms. The zero-order chi connectivity index (χ0) is 15.4. The van der Waals surface area contributed by atoms with Crippen LogP contribution < -0.4 is 11.1 Å². The Labute approximate surface area is 127 Å². The second-order valence-corrected chi connectivity index (χ2v) is 6.22. The van der Waals surface area contributed by atoms with Crippen LogP contribution in [0, 0.1) is 12.7 Å². The summed E-state index contributed by atoms with van der Waals surface area (Å²) in [6, 6.07) is 12.0. The summed E-state index contributed by atoms with van der Waals surface area (Å²) >= 11 is 1.42. The van der Waals surface area contributed by atoms with Gasteiger partial charge in [0.1, 0.15) is 5.82 Å². The van der Waals surface area contributed by atoms with Crippen LogP contribution in [0.25, 0.3) is 0 Å². The number of hydrogen-bond acceptors (Lipinski definition) is 3. The fraction of sp³-hybridized carbons (Fsp3) is 0.188. The molecule has 0 aliphatic carbocycles. The number of aryl methyl sites for hydroxylation is 1. The molecular weight excluding hydrogens is 287 g/mol. The molecule has 0 aliphatic heterocycles. The summed E-state index contributed by atoms with van der Waals surface area (Å²) in [5, 5.41) is 2.23. The molecule has 3 nitrogen and oxygen atoms in total.